The van der Waals surface area contributed by atoms with Crippen molar-refractivity contribution in [3.05, 3.63) is 40.8 Å². The van der Waals surface area contributed by atoms with E-state index in [0.29, 0.717) is 11.6 Å². The Labute approximate surface area is 161 Å². The molecule has 0 aromatic carbocycles. The lowest BCUT2D eigenvalue weighted by Crippen LogP contribution is -2.27. The Balaban J connectivity index is 1.58. The molecular formula is C19H22N8O. The van der Waals surface area contributed by atoms with Crippen LogP contribution in [-0.2, 0) is 7.05 Å². The highest BCUT2D eigenvalue weighted by molar-refractivity contribution is 5.73. The highest BCUT2D eigenvalue weighted by atomic mass is 16.1. The smallest absolute Gasteiger partial charge is 0.323 e. The van der Waals surface area contributed by atoms with Crippen molar-refractivity contribution in [2.45, 2.75) is 45.1 Å². The van der Waals surface area contributed by atoms with E-state index in [-0.39, 0.29) is 11.7 Å². The fraction of sp³-hybridized carbons (Fsp3) is 0.421. The zero-order valence-corrected chi connectivity index (χ0v) is 16.0. The summed E-state index contributed by atoms with van der Waals surface area (Å²) in [5.41, 5.74) is 4.07. The molecule has 0 bridgehead atoms. The van der Waals surface area contributed by atoms with Crippen LogP contribution in [0.5, 0.6) is 0 Å². The van der Waals surface area contributed by atoms with Crippen LogP contribution in [0.25, 0.3) is 16.8 Å². The molecule has 1 fully saturated rings. The van der Waals surface area contributed by atoms with E-state index in [1.165, 1.54) is 12.7 Å². The van der Waals surface area contributed by atoms with Gasteiger partial charge in [0.2, 0.25) is 5.95 Å². The summed E-state index contributed by atoms with van der Waals surface area (Å²) < 4.78 is 5.20. The van der Waals surface area contributed by atoms with Crippen molar-refractivity contribution in [3.8, 4) is 0 Å². The third-order valence-electron chi connectivity index (χ3n) is 5.64. The van der Waals surface area contributed by atoms with Gasteiger partial charge in [0.05, 0.1) is 18.1 Å². The maximum Gasteiger partial charge on any atom is 0.330 e. The largest absolute Gasteiger partial charge is 0.330 e. The SMILES string of the molecule is Cc1cc2ncnn2cc1Nc1ncc2c(n1)n(C1CCCCC1)c(=O)n2C. The molecule has 1 aliphatic carbocycles. The molecule has 1 saturated carbocycles. The van der Waals surface area contributed by atoms with Crippen LogP contribution in [0.4, 0.5) is 11.6 Å². The van der Waals surface area contributed by atoms with Crippen molar-refractivity contribution >= 4 is 28.4 Å². The quantitative estimate of drug-likeness (QED) is 0.589. The third-order valence-corrected chi connectivity index (χ3v) is 5.64. The van der Waals surface area contributed by atoms with Gasteiger partial charge in [-0.05, 0) is 31.4 Å². The molecule has 4 aromatic rings. The van der Waals surface area contributed by atoms with Crippen molar-refractivity contribution in [1.29, 1.82) is 0 Å². The molecule has 9 nitrogen and oxygen atoms in total. The Bertz CT molecular complexity index is 1230. The van der Waals surface area contributed by atoms with E-state index in [2.05, 4.69) is 20.4 Å². The summed E-state index contributed by atoms with van der Waals surface area (Å²) in [7, 11) is 1.78. The number of nitrogens with one attached hydrogen (secondary N) is 1. The van der Waals surface area contributed by atoms with Crippen LogP contribution in [0.15, 0.2) is 29.6 Å². The predicted octanol–water partition coefficient (Wildman–Crippen LogP) is 2.73. The van der Waals surface area contributed by atoms with E-state index in [4.69, 9.17) is 4.98 Å². The summed E-state index contributed by atoms with van der Waals surface area (Å²) in [5, 5.41) is 7.45. The first-order valence-corrected chi connectivity index (χ1v) is 9.63. The van der Waals surface area contributed by atoms with E-state index in [1.54, 1.807) is 22.3 Å². The molecule has 4 heterocycles. The van der Waals surface area contributed by atoms with Gasteiger partial charge in [-0.25, -0.2) is 19.3 Å². The van der Waals surface area contributed by atoms with Gasteiger partial charge in [-0.1, -0.05) is 19.3 Å². The second-order valence-electron chi connectivity index (χ2n) is 7.46. The highest BCUT2D eigenvalue weighted by Gasteiger charge is 2.23. The van der Waals surface area contributed by atoms with Crippen LogP contribution >= 0.6 is 0 Å². The molecule has 4 aromatic heterocycles. The maximum absolute atomic E-state index is 12.8. The number of nitrogens with zero attached hydrogens (tertiary/aromatic N) is 7. The highest BCUT2D eigenvalue weighted by Crippen LogP contribution is 2.29. The Hall–Kier alpha value is -3.23. The second kappa shape index (κ2) is 6.43. The minimum absolute atomic E-state index is 0.0198. The average molecular weight is 378 g/mol. The van der Waals surface area contributed by atoms with Crippen LogP contribution in [0.3, 0.4) is 0 Å². The van der Waals surface area contributed by atoms with Crippen molar-refractivity contribution in [3.63, 3.8) is 0 Å². The van der Waals surface area contributed by atoms with Gasteiger partial charge in [-0.15, -0.1) is 0 Å². The number of aryl methyl sites for hydroxylation is 2. The van der Waals surface area contributed by atoms with Gasteiger partial charge in [-0.2, -0.15) is 10.1 Å². The van der Waals surface area contributed by atoms with Crippen molar-refractivity contribution in [2.24, 2.45) is 7.05 Å². The van der Waals surface area contributed by atoms with Gasteiger partial charge in [0.25, 0.3) is 0 Å². The molecule has 0 spiro atoms. The van der Waals surface area contributed by atoms with E-state index in [1.807, 2.05) is 23.8 Å². The van der Waals surface area contributed by atoms with Crippen LogP contribution in [0, 0.1) is 6.92 Å². The lowest BCUT2D eigenvalue weighted by molar-refractivity contribution is 0.350. The standard InChI is InChI=1S/C19H22N8O/c1-12-8-16-21-11-22-26(16)10-14(12)23-18-20-9-15-17(24-18)27(19(28)25(15)2)13-6-4-3-5-7-13/h8-11,13H,3-7H2,1-2H3,(H,20,23,24). The topological polar surface area (TPSA) is 94.9 Å². The molecule has 0 amide bonds. The summed E-state index contributed by atoms with van der Waals surface area (Å²) in [4.78, 5) is 26.2. The number of pyridine rings is 1. The Kier molecular flexibility index (Phi) is 3.88. The molecule has 1 N–H and O–H groups in total. The lowest BCUT2D eigenvalue weighted by Gasteiger charge is -2.22. The molecule has 9 heteroatoms. The fourth-order valence-electron chi connectivity index (χ4n) is 4.07. The van der Waals surface area contributed by atoms with E-state index in [9.17, 15) is 4.79 Å². The molecule has 0 radical (unpaired) electrons. The zero-order chi connectivity index (χ0) is 19.3. The summed E-state index contributed by atoms with van der Waals surface area (Å²) in [6.45, 7) is 2.00. The molecule has 28 heavy (non-hydrogen) atoms. The second-order valence-corrected chi connectivity index (χ2v) is 7.46. The third kappa shape index (κ3) is 2.65. The van der Waals surface area contributed by atoms with Crippen molar-refractivity contribution in [2.75, 3.05) is 5.32 Å². The Morgan fingerprint density at radius 2 is 2.00 bits per heavy atom. The van der Waals surface area contributed by atoms with Gasteiger partial charge in [0.15, 0.2) is 11.3 Å². The number of imidazole rings is 1. The predicted molar refractivity (Wildman–Crippen MR) is 106 cm³/mol. The number of anilines is 2. The summed E-state index contributed by atoms with van der Waals surface area (Å²) in [6, 6.07) is 2.16. The van der Waals surface area contributed by atoms with Gasteiger partial charge in [-0.3, -0.25) is 9.13 Å². The summed E-state index contributed by atoms with van der Waals surface area (Å²) >= 11 is 0. The minimum Gasteiger partial charge on any atom is -0.323 e. The van der Waals surface area contributed by atoms with Crippen LogP contribution in [0.2, 0.25) is 0 Å². The first-order valence-electron chi connectivity index (χ1n) is 9.63. The van der Waals surface area contributed by atoms with E-state index >= 15 is 0 Å². The molecular weight excluding hydrogens is 356 g/mol. The number of aromatic nitrogens is 7. The number of rotatable bonds is 3. The van der Waals surface area contributed by atoms with Crippen LogP contribution in [0.1, 0.15) is 43.7 Å². The Morgan fingerprint density at radius 3 is 2.82 bits per heavy atom. The lowest BCUT2D eigenvalue weighted by atomic mass is 9.95. The monoisotopic (exact) mass is 378 g/mol. The van der Waals surface area contributed by atoms with Crippen molar-refractivity contribution in [1.82, 2.24) is 33.7 Å². The number of hydrogen-bond acceptors (Lipinski definition) is 6. The first kappa shape index (κ1) is 16.9. The normalized spacial score (nSPS) is 15.5. The van der Waals surface area contributed by atoms with Gasteiger partial charge in [0.1, 0.15) is 11.8 Å². The maximum atomic E-state index is 12.8. The average Bonchev–Trinajstić information content (AvgIpc) is 3.25. The molecule has 144 valence electrons. The van der Waals surface area contributed by atoms with Gasteiger partial charge in [0, 0.05) is 13.1 Å². The van der Waals surface area contributed by atoms with Crippen LogP contribution in [-0.4, -0.2) is 33.7 Å². The minimum atomic E-state index is -0.0198. The zero-order valence-electron chi connectivity index (χ0n) is 16.0. The molecule has 0 unspecified atom stereocenters. The summed E-state index contributed by atoms with van der Waals surface area (Å²) in [6.07, 6.45) is 10.7. The van der Waals surface area contributed by atoms with Crippen LogP contribution < -0.4 is 11.0 Å². The molecule has 1 aliphatic rings. The number of hydrogen-bond donors (Lipinski definition) is 1. The summed E-state index contributed by atoms with van der Waals surface area (Å²) in [5.74, 6) is 0.463. The molecule has 5 rings (SSSR count). The van der Waals surface area contributed by atoms with E-state index < -0.39 is 0 Å². The van der Waals surface area contributed by atoms with Gasteiger partial charge >= 0.3 is 5.69 Å². The Morgan fingerprint density at radius 1 is 1.18 bits per heavy atom. The van der Waals surface area contributed by atoms with Gasteiger partial charge < -0.3 is 5.32 Å². The molecule has 0 aliphatic heterocycles. The molecule has 0 atom stereocenters. The van der Waals surface area contributed by atoms with E-state index in [0.717, 1.165) is 48.1 Å². The molecule has 0 saturated heterocycles. The first-order chi connectivity index (χ1) is 13.6. The van der Waals surface area contributed by atoms with Crippen molar-refractivity contribution < 1.29 is 0 Å². The number of fused-ring (bicyclic) bond motifs is 2. The fourth-order valence-corrected chi connectivity index (χ4v) is 4.07.